The van der Waals surface area contributed by atoms with Gasteiger partial charge in [0, 0.05) is 94.3 Å². The number of hydrogen-bond donors (Lipinski definition) is 0. The lowest BCUT2D eigenvalue weighted by molar-refractivity contribution is -0.129. The summed E-state index contributed by atoms with van der Waals surface area (Å²) in [7, 11) is 3.44. The van der Waals surface area contributed by atoms with Crippen LogP contribution >= 0.6 is 0 Å². The molecule has 50 heavy (non-hydrogen) atoms. The van der Waals surface area contributed by atoms with Crippen LogP contribution in [0, 0.1) is 11.8 Å². The summed E-state index contributed by atoms with van der Waals surface area (Å²) >= 11 is 0. The minimum Gasteiger partial charge on any atom is -0.342 e. The first-order chi connectivity index (χ1) is 23.3. The zero-order chi connectivity index (χ0) is 38.7. The molecule has 0 atom stereocenters. The molecule has 0 aromatic carbocycles. The van der Waals surface area contributed by atoms with E-state index >= 15 is 0 Å². The minimum atomic E-state index is -0.104. The van der Waals surface area contributed by atoms with E-state index in [-0.39, 0.29) is 29.5 Å². The molecule has 0 aliphatic heterocycles. The Bertz CT molecular complexity index is 1160. The summed E-state index contributed by atoms with van der Waals surface area (Å²) in [4.78, 5) is 68.9. The summed E-state index contributed by atoms with van der Waals surface area (Å²) in [6.07, 6.45) is 5.84. The number of likely N-dealkylation sites (N-methyl/N-ethyl adjacent to an activating group) is 4. The van der Waals surface area contributed by atoms with Crippen molar-refractivity contribution in [1.29, 1.82) is 0 Å². The van der Waals surface area contributed by atoms with Crippen LogP contribution in [-0.4, -0.2) is 120 Å². The number of carbonyl (C=O) groups is 5. The van der Waals surface area contributed by atoms with E-state index < -0.39 is 0 Å². The Balaban J connectivity index is 0.000000963. The summed E-state index contributed by atoms with van der Waals surface area (Å²) in [5.74, 6) is 0.985. The molecular formula is C40H67N5O5. The van der Waals surface area contributed by atoms with Crippen molar-refractivity contribution in [1.82, 2.24) is 24.5 Å². The average Bonchev–Trinajstić information content (AvgIpc) is 3.07. The highest BCUT2D eigenvalue weighted by atomic mass is 16.2. The van der Waals surface area contributed by atoms with E-state index in [9.17, 15) is 24.0 Å². The maximum atomic E-state index is 12.3. The van der Waals surface area contributed by atoms with Crippen LogP contribution in [0.15, 0.2) is 60.8 Å². The third-order valence-electron chi connectivity index (χ3n) is 8.91. The highest BCUT2D eigenvalue weighted by Gasteiger charge is 2.27. The third-order valence-corrected chi connectivity index (χ3v) is 8.91. The first kappa shape index (κ1) is 46.0. The molecule has 0 saturated heterocycles. The van der Waals surface area contributed by atoms with Gasteiger partial charge in [0.2, 0.25) is 29.5 Å². The van der Waals surface area contributed by atoms with Gasteiger partial charge in [-0.2, -0.15) is 0 Å². The zero-order valence-corrected chi connectivity index (χ0v) is 32.9. The van der Waals surface area contributed by atoms with E-state index in [1.54, 1.807) is 63.4 Å². The number of amides is 5. The standard InChI is InChI=1S/C20H33N3O3.C20H34N2O2/c1-15(2)18(24)21(7)11-9-13-23(20(26)17(5)6)14-10-12-22(8)19(25)16(3)4;1-7-21(19(23)15(3)4)13-17-9-11-18(12-10-17)14-22(8-2)20(24)16(5)6/h1,3,5,9-14H2,2,4,6-8H3;17-18H,3,5,7-14H2,1-2,4,6H3. The molecule has 0 spiro atoms. The second-order valence-corrected chi connectivity index (χ2v) is 13.9. The summed E-state index contributed by atoms with van der Waals surface area (Å²) < 4.78 is 0. The van der Waals surface area contributed by atoms with Gasteiger partial charge < -0.3 is 24.5 Å². The topological polar surface area (TPSA) is 102 Å². The lowest BCUT2D eigenvalue weighted by Gasteiger charge is -2.34. The maximum Gasteiger partial charge on any atom is 0.248 e. The summed E-state index contributed by atoms with van der Waals surface area (Å²) in [5, 5.41) is 0. The molecule has 10 heteroatoms. The van der Waals surface area contributed by atoms with Crippen molar-refractivity contribution in [3.8, 4) is 0 Å². The molecule has 10 nitrogen and oxygen atoms in total. The van der Waals surface area contributed by atoms with Gasteiger partial charge in [-0.05, 0) is 98.8 Å². The maximum absolute atomic E-state index is 12.3. The minimum absolute atomic E-state index is 0.0730. The summed E-state index contributed by atoms with van der Waals surface area (Å²) in [5.41, 5.74) is 2.69. The number of hydrogen-bond acceptors (Lipinski definition) is 5. The largest absolute Gasteiger partial charge is 0.342 e. The van der Waals surface area contributed by atoms with Gasteiger partial charge >= 0.3 is 0 Å². The lowest BCUT2D eigenvalue weighted by atomic mass is 9.81. The van der Waals surface area contributed by atoms with Gasteiger partial charge in [-0.1, -0.05) is 32.9 Å². The quantitative estimate of drug-likeness (QED) is 0.157. The van der Waals surface area contributed by atoms with Crippen molar-refractivity contribution in [2.24, 2.45) is 11.8 Å². The van der Waals surface area contributed by atoms with Gasteiger partial charge in [0.15, 0.2) is 0 Å². The summed E-state index contributed by atoms with van der Waals surface area (Å²) in [6, 6.07) is 0. The van der Waals surface area contributed by atoms with Crippen LogP contribution in [0.25, 0.3) is 0 Å². The Morgan fingerprint density at radius 1 is 0.460 bits per heavy atom. The fraction of sp³-hybridized carbons (Fsp3) is 0.625. The van der Waals surface area contributed by atoms with E-state index in [0.717, 1.165) is 51.9 Å². The lowest BCUT2D eigenvalue weighted by Crippen LogP contribution is -2.39. The first-order valence-electron chi connectivity index (χ1n) is 17.9. The highest BCUT2D eigenvalue weighted by Crippen LogP contribution is 2.30. The van der Waals surface area contributed by atoms with E-state index in [1.165, 1.54) is 0 Å². The number of carbonyl (C=O) groups excluding carboxylic acids is 5. The van der Waals surface area contributed by atoms with Gasteiger partial charge in [0.25, 0.3) is 0 Å². The van der Waals surface area contributed by atoms with Gasteiger partial charge in [0.1, 0.15) is 0 Å². The van der Waals surface area contributed by atoms with E-state index in [2.05, 4.69) is 32.9 Å². The smallest absolute Gasteiger partial charge is 0.248 e. The van der Waals surface area contributed by atoms with Gasteiger partial charge in [0.05, 0.1) is 0 Å². The molecule has 1 saturated carbocycles. The van der Waals surface area contributed by atoms with Crippen LogP contribution in [0.5, 0.6) is 0 Å². The first-order valence-corrected chi connectivity index (χ1v) is 17.9. The van der Waals surface area contributed by atoms with Crippen LogP contribution in [-0.2, 0) is 24.0 Å². The summed E-state index contributed by atoms with van der Waals surface area (Å²) in [6.45, 7) is 36.5. The zero-order valence-electron chi connectivity index (χ0n) is 32.9. The molecule has 1 fully saturated rings. The molecule has 1 aliphatic carbocycles. The molecule has 0 N–H and O–H groups in total. The van der Waals surface area contributed by atoms with Crippen molar-refractivity contribution < 1.29 is 24.0 Å². The van der Waals surface area contributed by atoms with Crippen molar-refractivity contribution in [2.75, 3.05) is 66.5 Å². The Hall–Kier alpha value is -3.95. The molecule has 1 rings (SSSR count). The molecular weight excluding hydrogens is 630 g/mol. The molecule has 282 valence electrons. The predicted molar refractivity (Wildman–Crippen MR) is 205 cm³/mol. The monoisotopic (exact) mass is 698 g/mol. The number of nitrogens with zero attached hydrogens (tertiary/aromatic N) is 5. The predicted octanol–water partition coefficient (Wildman–Crippen LogP) is 5.88. The molecule has 0 unspecified atom stereocenters. The van der Waals surface area contributed by atoms with Crippen LogP contribution in [0.4, 0.5) is 0 Å². The molecule has 0 aromatic heterocycles. The molecule has 0 radical (unpaired) electrons. The van der Waals surface area contributed by atoms with Crippen LogP contribution in [0.1, 0.15) is 87.0 Å². The van der Waals surface area contributed by atoms with Crippen LogP contribution in [0.3, 0.4) is 0 Å². The van der Waals surface area contributed by atoms with Crippen molar-refractivity contribution in [2.45, 2.75) is 87.0 Å². The average molecular weight is 698 g/mol. The van der Waals surface area contributed by atoms with Gasteiger partial charge in [-0.3, -0.25) is 24.0 Å². The second kappa shape index (κ2) is 23.5. The second-order valence-electron chi connectivity index (χ2n) is 13.9. The van der Waals surface area contributed by atoms with Crippen molar-refractivity contribution >= 4 is 29.5 Å². The normalized spacial score (nSPS) is 15.0. The van der Waals surface area contributed by atoms with Crippen molar-refractivity contribution in [3.05, 3.63) is 60.8 Å². The molecule has 0 aromatic rings. The van der Waals surface area contributed by atoms with Gasteiger partial charge in [-0.25, -0.2) is 0 Å². The molecule has 5 amide bonds. The number of rotatable bonds is 19. The van der Waals surface area contributed by atoms with E-state index in [1.807, 2.05) is 23.6 Å². The Labute approximate surface area is 303 Å². The Morgan fingerprint density at radius 3 is 0.960 bits per heavy atom. The molecule has 0 heterocycles. The third kappa shape index (κ3) is 16.6. The van der Waals surface area contributed by atoms with E-state index in [0.29, 0.717) is 78.7 Å². The molecule has 1 aliphatic rings. The SMILES string of the molecule is C=C(C)C(=O)N(C)CCCN(CCCN(C)C(=O)C(=C)C)C(=O)C(=C)C.C=C(C)C(=O)N(CC)CC1CCC(CN(CC)C(=O)C(=C)C)CC1. The Morgan fingerprint density at radius 2 is 0.720 bits per heavy atom. The van der Waals surface area contributed by atoms with Crippen molar-refractivity contribution in [3.63, 3.8) is 0 Å². The fourth-order valence-corrected chi connectivity index (χ4v) is 5.91. The van der Waals surface area contributed by atoms with Crippen LogP contribution < -0.4 is 0 Å². The van der Waals surface area contributed by atoms with E-state index in [4.69, 9.17) is 0 Å². The molecule has 0 bridgehead atoms. The van der Waals surface area contributed by atoms with Crippen LogP contribution in [0.2, 0.25) is 0 Å². The fourth-order valence-electron chi connectivity index (χ4n) is 5.91. The Kier molecular flexibility index (Phi) is 21.6. The highest BCUT2D eigenvalue weighted by molar-refractivity contribution is 5.94. The van der Waals surface area contributed by atoms with Gasteiger partial charge in [-0.15, -0.1) is 0 Å².